The minimum Gasteiger partial charge on any atom is -0.405 e. The van der Waals surface area contributed by atoms with Crippen molar-refractivity contribution in [1.82, 2.24) is 14.1 Å². The van der Waals surface area contributed by atoms with Crippen molar-refractivity contribution in [2.24, 2.45) is 5.73 Å². The fourth-order valence-electron chi connectivity index (χ4n) is 10.7. The second-order valence-corrected chi connectivity index (χ2v) is 16.9. The Morgan fingerprint density at radius 1 is 0.586 bits per heavy atom. The Hall–Kier alpha value is -6.65. The first-order valence-electron chi connectivity index (χ1n) is 20.6. The highest BCUT2D eigenvalue weighted by atomic mass is 15.0. The molecular formula is C54H46N4. The maximum atomic E-state index is 5.91. The minimum absolute atomic E-state index is 0.965. The maximum Gasteiger partial charge on any atom is 0.0645 e. The number of aromatic nitrogens is 3. The van der Waals surface area contributed by atoms with E-state index < -0.39 is 0 Å². The van der Waals surface area contributed by atoms with Crippen LogP contribution in [0, 0.1) is 27.7 Å². The second-order valence-electron chi connectivity index (χ2n) is 16.9. The highest BCUT2D eigenvalue weighted by Crippen LogP contribution is 2.51. The highest BCUT2D eigenvalue weighted by molar-refractivity contribution is 6.17. The predicted octanol–water partition coefficient (Wildman–Crippen LogP) is 13.1. The molecule has 11 rings (SSSR count). The third-order valence-corrected chi connectivity index (χ3v) is 12.8. The van der Waals surface area contributed by atoms with E-state index in [1.807, 2.05) is 18.5 Å². The van der Waals surface area contributed by atoms with E-state index in [4.69, 9.17) is 5.73 Å². The molecule has 282 valence electrons. The molecule has 6 aromatic carbocycles. The fourth-order valence-corrected chi connectivity index (χ4v) is 10.7. The molecule has 9 aromatic rings. The summed E-state index contributed by atoms with van der Waals surface area (Å²) >= 11 is 0. The average molecular weight is 751 g/mol. The van der Waals surface area contributed by atoms with Gasteiger partial charge in [0.2, 0.25) is 0 Å². The number of rotatable bonds is 5. The molecule has 0 unspecified atom stereocenters. The van der Waals surface area contributed by atoms with E-state index in [2.05, 4.69) is 152 Å². The molecule has 2 N–H and O–H groups in total. The number of fused-ring (bicyclic) bond motifs is 8. The largest absolute Gasteiger partial charge is 0.405 e. The van der Waals surface area contributed by atoms with Gasteiger partial charge in [-0.3, -0.25) is 4.98 Å². The molecule has 0 aliphatic heterocycles. The molecule has 0 saturated heterocycles. The van der Waals surface area contributed by atoms with Gasteiger partial charge < -0.3 is 14.9 Å². The summed E-state index contributed by atoms with van der Waals surface area (Å²) in [5.41, 5.74) is 32.3. The quantitative estimate of drug-likeness (QED) is 0.178. The van der Waals surface area contributed by atoms with Crippen LogP contribution in [0.3, 0.4) is 0 Å². The molecule has 4 nitrogen and oxygen atoms in total. The van der Waals surface area contributed by atoms with Crippen molar-refractivity contribution < 1.29 is 0 Å². The topological polar surface area (TPSA) is 48.8 Å². The summed E-state index contributed by atoms with van der Waals surface area (Å²) in [5, 5.41) is 5.29. The zero-order valence-electron chi connectivity index (χ0n) is 33.9. The molecule has 3 aromatic heterocycles. The van der Waals surface area contributed by atoms with E-state index in [1.54, 1.807) is 6.20 Å². The minimum atomic E-state index is 0.965. The van der Waals surface area contributed by atoms with E-state index in [1.165, 1.54) is 122 Å². The molecular weight excluding hydrogens is 705 g/mol. The Morgan fingerprint density at radius 2 is 1.14 bits per heavy atom. The third kappa shape index (κ3) is 5.17. The van der Waals surface area contributed by atoms with Gasteiger partial charge in [-0.05, 0) is 183 Å². The number of hydrogen-bond acceptors (Lipinski definition) is 2. The number of nitrogens with zero attached hydrogens (tertiary/aromatic N) is 3. The number of allylic oxidation sites excluding steroid dienone is 3. The van der Waals surface area contributed by atoms with E-state index >= 15 is 0 Å². The van der Waals surface area contributed by atoms with Crippen molar-refractivity contribution >= 4 is 49.3 Å². The molecule has 58 heavy (non-hydrogen) atoms. The molecule has 2 aliphatic carbocycles. The Balaban J connectivity index is 1.21. The van der Waals surface area contributed by atoms with Crippen LogP contribution >= 0.6 is 0 Å². The lowest BCUT2D eigenvalue weighted by Gasteiger charge is -2.31. The lowest BCUT2D eigenvalue weighted by molar-refractivity contribution is 0.883. The van der Waals surface area contributed by atoms with Crippen LogP contribution < -0.4 is 5.73 Å². The monoisotopic (exact) mass is 750 g/mol. The molecule has 0 fully saturated rings. The SMILES string of the molecule is C/C(=C\C=C/N)n1c2ccc(-c3cc(C)cc(C)c3)cc2c2cc3c4c(c21)CCc1c-4c(cc2c4cc(-c5cc(C)cc(C)c5)ccc4n(-c4cccnc4)c12)CC3. The molecule has 0 spiro atoms. The van der Waals surface area contributed by atoms with Gasteiger partial charge in [0.05, 0.1) is 34.0 Å². The first-order valence-corrected chi connectivity index (χ1v) is 20.6. The molecule has 2 aliphatic rings. The van der Waals surface area contributed by atoms with Gasteiger partial charge in [0.1, 0.15) is 0 Å². The summed E-state index contributed by atoms with van der Waals surface area (Å²) in [7, 11) is 0. The number of aryl methyl sites for hydroxylation is 8. The summed E-state index contributed by atoms with van der Waals surface area (Å²) in [6.07, 6.45) is 13.6. The van der Waals surface area contributed by atoms with Gasteiger partial charge >= 0.3 is 0 Å². The summed E-state index contributed by atoms with van der Waals surface area (Å²) < 4.78 is 5.00. The molecule has 0 bridgehead atoms. The summed E-state index contributed by atoms with van der Waals surface area (Å²) in [6.45, 7) is 11.0. The molecule has 4 heteroatoms. The average Bonchev–Trinajstić information content (AvgIpc) is 3.73. The smallest absolute Gasteiger partial charge is 0.0645 e. The van der Waals surface area contributed by atoms with Crippen molar-refractivity contribution in [2.75, 3.05) is 0 Å². The van der Waals surface area contributed by atoms with Crippen molar-refractivity contribution in [3.05, 3.63) is 172 Å². The van der Waals surface area contributed by atoms with Crippen LogP contribution in [-0.2, 0) is 25.7 Å². The number of pyridine rings is 1. The van der Waals surface area contributed by atoms with Crippen LogP contribution in [0.25, 0.3) is 88.4 Å². The summed E-state index contributed by atoms with van der Waals surface area (Å²) in [4.78, 5) is 4.62. The van der Waals surface area contributed by atoms with Crippen molar-refractivity contribution in [3.63, 3.8) is 0 Å². The zero-order chi connectivity index (χ0) is 39.4. The maximum absolute atomic E-state index is 5.91. The Bertz CT molecular complexity index is 3240. The first kappa shape index (κ1) is 34.6. The van der Waals surface area contributed by atoms with E-state index in [0.717, 1.165) is 37.1 Å². The van der Waals surface area contributed by atoms with Gasteiger partial charge in [0, 0.05) is 33.4 Å². The molecule has 0 radical (unpaired) electrons. The van der Waals surface area contributed by atoms with Crippen LogP contribution in [0.5, 0.6) is 0 Å². The van der Waals surface area contributed by atoms with Crippen molar-refractivity contribution in [1.29, 1.82) is 0 Å². The van der Waals surface area contributed by atoms with Gasteiger partial charge in [-0.2, -0.15) is 0 Å². The highest BCUT2D eigenvalue weighted by Gasteiger charge is 2.33. The summed E-state index contributed by atoms with van der Waals surface area (Å²) in [5.74, 6) is 0. The second kappa shape index (κ2) is 12.9. The number of benzene rings is 6. The van der Waals surface area contributed by atoms with Gasteiger partial charge in [0.25, 0.3) is 0 Å². The van der Waals surface area contributed by atoms with Gasteiger partial charge in [0.15, 0.2) is 0 Å². The molecule has 0 atom stereocenters. The lowest BCUT2D eigenvalue weighted by atomic mass is 9.74. The van der Waals surface area contributed by atoms with Crippen LogP contribution in [0.15, 0.2) is 128 Å². The molecule has 0 saturated carbocycles. The Kier molecular flexibility index (Phi) is 7.72. The van der Waals surface area contributed by atoms with Gasteiger partial charge in [-0.25, -0.2) is 0 Å². The zero-order valence-corrected chi connectivity index (χ0v) is 33.9. The fraction of sp³-hybridized carbons (Fsp3) is 0.167. The Morgan fingerprint density at radius 3 is 1.71 bits per heavy atom. The van der Waals surface area contributed by atoms with E-state index in [-0.39, 0.29) is 0 Å². The van der Waals surface area contributed by atoms with Crippen molar-refractivity contribution in [3.8, 4) is 39.1 Å². The predicted molar refractivity (Wildman–Crippen MR) is 245 cm³/mol. The number of hydrogen-bond donors (Lipinski definition) is 1. The third-order valence-electron chi connectivity index (χ3n) is 12.8. The number of nitrogens with two attached hydrogens (primary N) is 1. The van der Waals surface area contributed by atoms with Crippen molar-refractivity contribution in [2.45, 2.75) is 60.3 Å². The molecule has 3 heterocycles. The van der Waals surface area contributed by atoms with E-state index in [9.17, 15) is 0 Å². The first-order chi connectivity index (χ1) is 28.2. The van der Waals surface area contributed by atoms with Crippen LogP contribution in [0.4, 0.5) is 0 Å². The van der Waals surface area contributed by atoms with Crippen LogP contribution in [0.2, 0.25) is 0 Å². The Labute approximate surface area is 339 Å². The lowest BCUT2D eigenvalue weighted by Crippen LogP contribution is -2.16. The molecule has 0 amide bonds. The van der Waals surface area contributed by atoms with Crippen LogP contribution in [0.1, 0.15) is 51.4 Å². The summed E-state index contributed by atoms with van der Waals surface area (Å²) in [6, 6.07) is 37.2. The van der Waals surface area contributed by atoms with E-state index in [0.29, 0.717) is 0 Å². The standard InChI is InChI=1S/C54H46N4/c1-31-20-32(2)23-40(22-31)36-12-16-49-45(26-36)47-28-38-10-11-39-29-48-46-27-37(41-24-33(3)21-34(4)25-41)13-17-50(46)58(42-9-7-19-56-30-42)54(48)44-15-14-43(51(38)52(39)44)53(47)57(49)35(5)8-6-18-55/h6-9,12-13,16-30H,10-11,14-15,55H2,1-5H3/b18-6-,35-8+. The van der Waals surface area contributed by atoms with Gasteiger partial charge in [-0.1, -0.05) is 70.8 Å². The van der Waals surface area contributed by atoms with Crippen LogP contribution in [-0.4, -0.2) is 14.1 Å². The van der Waals surface area contributed by atoms with Gasteiger partial charge in [-0.15, -0.1) is 0 Å². The normalized spacial score (nSPS) is 13.8.